The van der Waals surface area contributed by atoms with Crippen molar-refractivity contribution >= 4 is 10.5 Å². The number of rotatable bonds is 2. The fraction of sp³-hybridized carbons (Fsp3) is 0.333. The van der Waals surface area contributed by atoms with Crippen molar-refractivity contribution < 1.29 is 4.43 Å². The van der Waals surface area contributed by atoms with Gasteiger partial charge in [-0.05, 0) is 0 Å². The van der Waals surface area contributed by atoms with Gasteiger partial charge in [0.25, 0.3) is 0 Å². The summed E-state index contributed by atoms with van der Waals surface area (Å²) in [5.74, 6) is 4.70. The molecule has 0 amide bonds. The Bertz CT molecular complexity index is 114. The lowest BCUT2D eigenvalue weighted by Gasteiger charge is -1.97. The van der Waals surface area contributed by atoms with Crippen LogP contribution in [-0.4, -0.2) is 17.1 Å². The highest BCUT2D eigenvalue weighted by Gasteiger charge is 1.94. The van der Waals surface area contributed by atoms with E-state index >= 15 is 0 Å². The second kappa shape index (κ2) is 4.46. The first-order valence-electron chi connectivity index (χ1n) is 2.26. The normalized spacial score (nSPS) is 8.38. The zero-order valence-electron chi connectivity index (χ0n) is 4.85. The Labute approximate surface area is 53.0 Å². The smallest absolute Gasteiger partial charge is 0.146 e. The largest absolute Gasteiger partial charge is 0.426 e. The third kappa shape index (κ3) is 2.47. The van der Waals surface area contributed by atoms with E-state index in [1.54, 1.807) is 0 Å². The summed E-state index contributed by atoms with van der Waals surface area (Å²) in [7, 11) is 0.705. The van der Waals surface area contributed by atoms with Gasteiger partial charge < -0.3 is 4.43 Å². The van der Waals surface area contributed by atoms with Gasteiger partial charge >= 0.3 is 0 Å². The average molecular weight is 124 g/mol. The van der Waals surface area contributed by atoms with Crippen LogP contribution in [0.5, 0.6) is 0 Å². The standard InChI is InChI=1S/C6H8OSi/c1-3-6(4-2)5-7-8/h1-2,6H,5H2,8H3. The average Bonchev–Trinajstić information content (AvgIpc) is 1.83. The van der Waals surface area contributed by atoms with Gasteiger partial charge in [-0.1, -0.05) is 11.8 Å². The fourth-order valence-corrected chi connectivity index (χ4v) is 0.644. The van der Waals surface area contributed by atoms with Crippen LogP contribution in [0.3, 0.4) is 0 Å². The predicted octanol–water partition coefficient (Wildman–Crippen LogP) is -0.834. The molecule has 0 aliphatic carbocycles. The third-order valence-corrected chi connectivity index (χ3v) is 1.07. The monoisotopic (exact) mass is 124 g/mol. The van der Waals surface area contributed by atoms with Crippen LogP contribution in [0.15, 0.2) is 0 Å². The molecule has 0 spiro atoms. The summed E-state index contributed by atoms with van der Waals surface area (Å²) in [5, 5.41) is 0. The number of terminal acetylenes is 2. The van der Waals surface area contributed by atoms with Crippen molar-refractivity contribution in [3.8, 4) is 24.7 Å². The molecule has 0 radical (unpaired) electrons. The van der Waals surface area contributed by atoms with E-state index in [1.165, 1.54) is 0 Å². The van der Waals surface area contributed by atoms with Crippen LogP contribution in [0.1, 0.15) is 0 Å². The number of hydrogen-bond donors (Lipinski definition) is 0. The van der Waals surface area contributed by atoms with Crippen molar-refractivity contribution in [2.75, 3.05) is 6.61 Å². The van der Waals surface area contributed by atoms with Gasteiger partial charge in [0.05, 0.1) is 6.61 Å². The van der Waals surface area contributed by atoms with E-state index in [1.807, 2.05) is 0 Å². The van der Waals surface area contributed by atoms with Gasteiger partial charge in [0.1, 0.15) is 16.4 Å². The third-order valence-electron chi connectivity index (χ3n) is 0.736. The Morgan fingerprint density at radius 1 is 1.50 bits per heavy atom. The van der Waals surface area contributed by atoms with Crippen LogP contribution in [0, 0.1) is 30.6 Å². The van der Waals surface area contributed by atoms with Crippen molar-refractivity contribution in [2.24, 2.45) is 5.92 Å². The summed E-state index contributed by atoms with van der Waals surface area (Å²) in [6.07, 6.45) is 10.0. The molecule has 0 bridgehead atoms. The zero-order valence-corrected chi connectivity index (χ0v) is 6.85. The zero-order chi connectivity index (χ0) is 6.41. The summed E-state index contributed by atoms with van der Waals surface area (Å²) in [6.45, 7) is 0.513. The van der Waals surface area contributed by atoms with Crippen molar-refractivity contribution in [3.63, 3.8) is 0 Å². The van der Waals surface area contributed by atoms with Crippen LogP contribution in [0.25, 0.3) is 0 Å². The second-order valence-electron chi connectivity index (χ2n) is 1.34. The Hall–Kier alpha value is -0.703. The molecule has 42 valence electrons. The molecule has 0 saturated heterocycles. The van der Waals surface area contributed by atoms with Crippen molar-refractivity contribution in [2.45, 2.75) is 0 Å². The van der Waals surface area contributed by atoms with E-state index in [0.717, 1.165) is 0 Å². The quantitative estimate of drug-likeness (QED) is 0.345. The van der Waals surface area contributed by atoms with Crippen LogP contribution in [-0.2, 0) is 4.43 Å². The fourth-order valence-electron chi connectivity index (χ4n) is 0.311. The molecule has 0 atom stereocenters. The molecule has 0 aromatic heterocycles. The summed E-state index contributed by atoms with van der Waals surface area (Å²) >= 11 is 0. The van der Waals surface area contributed by atoms with E-state index in [0.29, 0.717) is 17.1 Å². The second-order valence-corrected chi connectivity index (χ2v) is 1.92. The minimum Gasteiger partial charge on any atom is -0.426 e. The first kappa shape index (κ1) is 7.30. The molecule has 0 heterocycles. The van der Waals surface area contributed by atoms with Crippen molar-refractivity contribution in [1.82, 2.24) is 0 Å². The molecule has 1 nitrogen and oxygen atoms in total. The van der Waals surface area contributed by atoms with Crippen LogP contribution < -0.4 is 0 Å². The van der Waals surface area contributed by atoms with Crippen molar-refractivity contribution in [3.05, 3.63) is 0 Å². The molecule has 0 aromatic carbocycles. The van der Waals surface area contributed by atoms with E-state index < -0.39 is 0 Å². The van der Waals surface area contributed by atoms with Crippen LogP contribution >= 0.6 is 0 Å². The van der Waals surface area contributed by atoms with E-state index in [4.69, 9.17) is 17.3 Å². The summed E-state index contributed by atoms with van der Waals surface area (Å²) in [5.41, 5.74) is 0. The maximum atomic E-state index is 5.01. The van der Waals surface area contributed by atoms with Gasteiger partial charge in [-0.15, -0.1) is 12.8 Å². The highest BCUT2D eigenvalue weighted by molar-refractivity contribution is 5.97. The summed E-state index contributed by atoms with van der Waals surface area (Å²) in [4.78, 5) is 0. The molecular formula is C6H8OSi. The summed E-state index contributed by atoms with van der Waals surface area (Å²) < 4.78 is 4.84. The molecule has 8 heavy (non-hydrogen) atoms. The molecule has 0 aromatic rings. The molecule has 0 saturated carbocycles. The molecule has 0 aliphatic rings. The highest BCUT2D eigenvalue weighted by atomic mass is 28.2. The Kier molecular flexibility index (Phi) is 4.06. The van der Waals surface area contributed by atoms with Crippen molar-refractivity contribution in [1.29, 1.82) is 0 Å². The number of hydrogen-bond acceptors (Lipinski definition) is 1. The van der Waals surface area contributed by atoms with E-state index in [9.17, 15) is 0 Å². The molecule has 0 unspecified atom stereocenters. The van der Waals surface area contributed by atoms with Gasteiger partial charge in [-0.2, -0.15) is 0 Å². The molecule has 0 rings (SSSR count). The Morgan fingerprint density at radius 3 is 2.12 bits per heavy atom. The van der Waals surface area contributed by atoms with Gasteiger partial charge in [0.15, 0.2) is 0 Å². The van der Waals surface area contributed by atoms with E-state index in [-0.39, 0.29) is 5.92 Å². The molecule has 0 N–H and O–H groups in total. The molecular weight excluding hydrogens is 116 g/mol. The predicted molar refractivity (Wildman–Crippen MR) is 37.0 cm³/mol. The minimum atomic E-state index is -0.132. The van der Waals surface area contributed by atoms with Gasteiger partial charge in [-0.25, -0.2) is 0 Å². The topological polar surface area (TPSA) is 9.23 Å². The van der Waals surface area contributed by atoms with Crippen LogP contribution in [0.2, 0.25) is 0 Å². The Morgan fingerprint density at radius 2 is 2.00 bits per heavy atom. The molecule has 0 fully saturated rings. The highest BCUT2D eigenvalue weighted by Crippen LogP contribution is 1.88. The first-order chi connectivity index (χ1) is 3.85. The van der Waals surface area contributed by atoms with E-state index in [2.05, 4.69) is 11.8 Å². The van der Waals surface area contributed by atoms with Gasteiger partial charge in [0.2, 0.25) is 0 Å². The molecule has 0 aliphatic heterocycles. The maximum Gasteiger partial charge on any atom is 0.146 e. The lowest BCUT2D eigenvalue weighted by Crippen LogP contribution is -2.02. The lowest BCUT2D eigenvalue weighted by atomic mass is 10.2. The van der Waals surface area contributed by atoms with Gasteiger partial charge in [0, 0.05) is 0 Å². The first-order valence-corrected chi connectivity index (χ1v) is 3.08. The lowest BCUT2D eigenvalue weighted by molar-refractivity contribution is 0.334. The molecule has 2 heteroatoms. The van der Waals surface area contributed by atoms with Gasteiger partial charge in [-0.3, -0.25) is 0 Å². The maximum absolute atomic E-state index is 5.01. The van der Waals surface area contributed by atoms with Crippen LogP contribution in [0.4, 0.5) is 0 Å². The summed E-state index contributed by atoms with van der Waals surface area (Å²) in [6, 6.07) is 0. The SMILES string of the molecule is C#CC(C#C)CO[SiH3]. The Balaban J connectivity index is 3.46. The minimum absolute atomic E-state index is 0.132.